The summed E-state index contributed by atoms with van der Waals surface area (Å²) in [6.07, 6.45) is 11.8. The Kier molecular flexibility index (Phi) is 6.88. The second-order valence-electron chi connectivity index (χ2n) is 16.2. The Balaban J connectivity index is 0.732. The second kappa shape index (κ2) is 11.0. The lowest BCUT2D eigenvalue weighted by Gasteiger charge is -2.60. The molecule has 12 rings (SSSR count). The van der Waals surface area contributed by atoms with Crippen LogP contribution >= 0.6 is 0 Å². The molecule has 8 aliphatic carbocycles. The van der Waals surface area contributed by atoms with E-state index in [0.717, 1.165) is 57.4 Å². The van der Waals surface area contributed by atoms with Gasteiger partial charge < -0.3 is 14.2 Å². The predicted octanol–water partition coefficient (Wildman–Crippen LogP) is 8.50. The average molecular weight is 639 g/mol. The highest BCUT2D eigenvalue weighted by Crippen LogP contribution is 2.62. The zero-order valence-corrected chi connectivity index (χ0v) is 27.1. The summed E-state index contributed by atoms with van der Waals surface area (Å²) in [6.45, 7) is 9.62. The lowest BCUT2D eigenvalue weighted by molar-refractivity contribution is -0.517. The van der Waals surface area contributed by atoms with Crippen molar-refractivity contribution in [1.29, 1.82) is 0 Å². The standard InChI is InChI=1S/C40H46O7/c1-23(37-21-41-39(46-44-37)31-13-25-11-26(15-31)16-32(39)14-25)29-3-7-35(8-4-29)43-36-9-5-30(6-10-36)24(2)38-22-42-40(47-45-38)33-17-27-12-28(19-33)20-34(40)18-27/h3-10,25-28,31-34,37-38H,1-2,11-22H2. The third-order valence-electron chi connectivity index (χ3n) is 13.5. The van der Waals surface area contributed by atoms with Crippen LogP contribution in [0.3, 0.4) is 0 Å². The molecule has 2 heterocycles. The van der Waals surface area contributed by atoms with Crippen LogP contribution in [0.15, 0.2) is 61.7 Å². The largest absolute Gasteiger partial charge is 0.457 e. The third-order valence-corrected chi connectivity index (χ3v) is 13.5. The van der Waals surface area contributed by atoms with E-state index in [1.165, 1.54) is 64.2 Å². The average Bonchev–Trinajstić information content (AvgIpc) is 3.10. The van der Waals surface area contributed by atoms with Crippen molar-refractivity contribution in [3.63, 3.8) is 0 Å². The van der Waals surface area contributed by atoms with E-state index in [1.54, 1.807) is 0 Å². The van der Waals surface area contributed by atoms with E-state index in [2.05, 4.69) is 13.2 Å². The Bertz CT molecular complexity index is 1350. The van der Waals surface area contributed by atoms with Gasteiger partial charge in [0, 0.05) is 23.7 Å². The van der Waals surface area contributed by atoms with E-state index < -0.39 is 11.6 Å². The summed E-state index contributed by atoms with van der Waals surface area (Å²) < 4.78 is 19.3. The van der Waals surface area contributed by atoms with Crippen molar-refractivity contribution < 1.29 is 33.8 Å². The fourth-order valence-electron chi connectivity index (χ4n) is 11.5. The quantitative estimate of drug-likeness (QED) is 0.294. The Morgan fingerprint density at radius 3 is 1.15 bits per heavy atom. The lowest BCUT2D eigenvalue weighted by atomic mass is 9.53. The van der Waals surface area contributed by atoms with Crippen molar-refractivity contribution in [2.24, 2.45) is 47.3 Å². The van der Waals surface area contributed by atoms with E-state index in [9.17, 15) is 0 Å². The molecule has 8 bridgehead atoms. The van der Waals surface area contributed by atoms with Crippen LogP contribution in [-0.2, 0) is 29.0 Å². The Morgan fingerprint density at radius 2 is 0.851 bits per heavy atom. The van der Waals surface area contributed by atoms with Gasteiger partial charge in [0.15, 0.2) is 0 Å². The number of ether oxygens (including phenoxy) is 3. The second-order valence-corrected chi connectivity index (χ2v) is 16.2. The van der Waals surface area contributed by atoms with Gasteiger partial charge in [-0.15, -0.1) is 0 Å². The van der Waals surface area contributed by atoms with Crippen LogP contribution in [0, 0.1) is 47.3 Å². The van der Waals surface area contributed by atoms with Crippen LogP contribution < -0.4 is 4.74 Å². The van der Waals surface area contributed by atoms with Gasteiger partial charge >= 0.3 is 0 Å². The molecule has 10 fully saturated rings. The SMILES string of the molecule is C=C(c1ccc(Oc2ccc(C(=C)C3COC4(OO3)C3CC5CC(C3)CC4C5)cc2)cc1)C1COC2(OO1)C1CC3CC(C1)CC2C3. The Morgan fingerprint density at radius 1 is 0.511 bits per heavy atom. The van der Waals surface area contributed by atoms with Gasteiger partial charge in [0.1, 0.15) is 23.7 Å². The van der Waals surface area contributed by atoms with Crippen LogP contribution in [-0.4, -0.2) is 37.0 Å². The maximum absolute atomic E-state index is 6.55. The number of benzene rings is 2. The summed E-state index contributed by atoms with van der Waals surface area (Å²) in [5, 5.41) is 0. The smallest absolute Gasteiger partial charge is 0.207 e. The van der Waals surface area contributed by atoms with Gasteiger partial charge in [-0.05, 0) is 134 Å². The van der Waals surface area contributed by atoms with Crippen molar-refractivity contribution in [3.05, 3.63) is 72.8 Å². The maximum atomic E-state index is 6.55. The fraction of sp³-hybridized carbons (Fsp3) is 0.600. The maximum Gasteiger partial charge on any atom is 0.207 e. The molecule has 2 atom stereocenters. The highest BCUT2D eigenvalue weighted by molar-refractivity contribution is 5.68. The molecule has 2 aromatic rings. The molecule has 2 spiro atoms. The van der Waals surface area contributed by atoms with Gasteiger partial charge in [-0.3, -0.25) is 0 Å². The van der Waals surface area contributed by atoms with E-state index in [0.29, 0.717) is 36.9 Å². The topological polar surface area (TPSA) is 64.6 Å². The van der Waals surface area contributed by atoms with Crippen molar-refractivity contribution in [3.8, 4) is 11.5 Å². The van der Waals surface area contributed by atoms with Gasteiger partial charge in [-0.25, -0.2) is 9.78 Å². The Hall–Kier alpha value is -2.52. The van der Waals surface area contributed by atoms with Gasteiger partial charge in [0.2, 0.25) is 11.6 Å². The summed E-state index contributed by atoms with van der Waals surface area (Å²) in [5.74, 6) is 5.62. The first-order valence-corrected chi connectivity index (χ1v) is 18.2. The minimum Gasteiger partial charge on any atom is -0.457 e. The molecule has 0 aromatic heterocycles. The first-order chi connectivity index (χ1) is 22.9. The summed E-state index contributed by atoms with van der Waals surface area (Å²) in [6, 6.07) is 15.9. The molecule has 8 saturated carbocycles. The highest BCUT2D eigenvalue weighted by Gasteiger charge is 2.63. The number of hydrogen-bond acceptors (Lipinski definition) is 7. The number of rotatable bonds is 6. The first-order valence-electron chi connectivity index (χ1n) is 18.2. The zero-order chi connectivity index (χ0) is 31.3. The van der Waals surface area contributed by atoms with Gasteiger partial charge in [0.25, 0.3) is 0 Å². The molecule has 0 radical (unpaired) electrons. The van der Waals surface area contributed by atoms with E-state index in [-0.39, 0.29) is 12.2 Å². The molecular formula is C40H46O7. The van der Waals surface area contributed by atoms with E-state index in [1.807, 2.05) is 48.5 Å². The van der Waals surface area contributed by atoms with Crippen molar-refractivity contribution in [2.75, 3.05) is 13.2 Å². The van der Waals surface area contributed by atoms with Crippen molar-refractivity contribution in [1.82, 2.24) is 0 Å². The molecule has 2 saturated heterocycles. The van der Waals surface area contributed by atoms with Crippen LogP contribution in [0.25, 0.3) is 11.1 Å². The number of hydrogen-bond donors (Lipinski definition) is 0. The van der Waals surface area contributed by atoms with Crippen LogP contribution in [0.2, 0.25) is 0 Å². The molecule has 10 aliphatic rings. The van der Waals surface area contributed by atoms with Gasteiger partial charge in [-0.1, -0.05) is 37.4 Å². The minimum atomic E-state index is -0.550. The molecule has 7 nitrogen and oxygen atoms in total. The van der Waals surface area contributed by atoms with Crippen LogP contribution in [0.4, 0.5) is 0 Å². The predicted molar refractivity (Wildman–Crippen MR) is 174 cm³/mol. The minimum absolute atomic E-state index is 0.326. The van der Waals surface area contributed by atoms with Crippen molar-refractivity contribution >= 4 is 11.1 Å². The summed E-state index contributed by atoms with van der Waals surface area (Å²) in [4.78, 5) is 24.4. The third kappa shape index (κ3) is 4.75. The first kappa shape index (κ1) is 29.4. The molecule has 2 aromatic carbocycles. The summed E-state index contributed by atoms with van der Waals surface area (Å²) >= 11 is 0. The molecule has 0 amide bonds. The van der Waals surface area contributed by atoms with Crippen LogP contribution in [0.5, 0.6) is 11.5 Å². The molecule has 2 aliphatic heterocycles. The summed E-state index contributed by atoms with van der Waals surface area (Å²) in [7, 11) is 0. The normalized spacial score (nSPS) is 44.3. The molecule has 7 heteroatoms. The lowest BCUT2D eigenvalue weighted by Crippen LogP contribution is -2.63. The molecule has 0 N–H and O–H groups in total. The van der Waals surface area contributed by atoms with Crippen LogP contribution in [0.1, 0.15) is 75.3 Å². The van der Waals surface area contributed by atoms with Gasteiger partial charge in [0.05, 0.1) is 13.2 Å². The van der Waals surface area contributed by atoms with Gasteiger partial charge in [-0.2, -0.15) is 9.78 Å². The molecule has 47 heavy (non-hydrogen) atoms. The van der Waals surface area contributed by atoms with E-state index >= 15 is 0 Å². The summed E-state index contributed by atoms with van der Waals surface area (Å²) in [5.41, 5.74) is 3.67. The molecular weight excluding hydrogens is 592 g/mol. The molecule has 248 valence electrons. The molecule has 2 unspecified atom stereocenters. The monoisotopic (exact) mass is 638 g/mol. The zero-order valence-electron chi connectivity index (χ0n) is 27.1. The van der Waals surface area contributed by atoms with Crippen molar-refractivity contribution in [2.45, 2.75) is 88.0 Å². The highest BCUT2D eigenvalue weighted by atomic mass is 17.2. The Labute approximate surface area is 277 Å². The van der Waals surface area contributed by atoms with E-state index in [4.69, 9.17) is 33.8 Å². The fourth-order valence-corrected chi connectivity index (χ4v) is 11.5.